The van der Waals surface area contributed by atoms with Crippen LogP contribution >= 0.6 is 0 Å². The maximum absolute atomic E-state index is 9.30. The lowest BCUT2D eigenvalue weighted by Crippen LogP contribution is -1.96. The molecule has 0 spiro atoms. The van der Waals surface area contributed by atoms with Crippen LogP contribution in [0.3, 0.4) is 0 Å². The first kappa shape index (κ1) is 16.7. The molecule has 0 amide bonds. The summed E-state index contributed by atoms with van der Waals surface area (Å²) in [7, 11) is 0. The van der Waals surface area contributed by atoms with Gasteiger partial charge >= 0.3 is 0 Å². The lowest BCUT2D eigenvalue weighted by molar-refractivity contribution is 0.242. The number of aliphatic hydroxyl groups is 1. The first-order valence-electron chi connectivity index (χ1n) is 7.58. The summed E-state index contributed by atoms with van der Waals surface area (Å²) in [4.78, 5) is 0. The Labute approximate surface area is 108 Å². The lowest BCUT2D eigenvalue weighted by atomic mass is 10.0. The summed E-state index contributed by atoms with van der Waals surface area (Å²) in [6.45, 7) is 6.28. The van der Waals surface area contributed by atoms with E-state index in [-0.39, 0.29) is 6.10 Å². The third kappa shape index (κ3) is 12.0. The summed E-state index contributed by atoms with van der Waals surface area (Å²) in [5, 5.41) is 9.30. The SMILES string of the molecule is CCCCCCCCCC/C(=C/C(C)O)CC. The summed E-state index contributed by atoms with van der Waals surface area (Å²) < 4.78 is 0. The van der Waals surface area contributed by atoms with Crippen molar-refractivity contribution < 1.29 is 5.11 Å². The van der Waals surface area contributed by atoms with Crippen LogP contribution in [0.4, 0.5) is 0 Å². The molecule has 0 heterocycles. The van der Waals surface area contributed by atoms with Gasteiger partial charge in [-0.3, -0.25) is 0 Å². The Morgan fingerprint density at radius 2 is 1.47 bits per heavy atom. The summed E-state index contributed by atoms with van der Waals surface area (Å²) in [5.74, 6) is 0. The fourth-order valence-corrected chi connectivity index (χ4v) is 2.21. The number of rotatable bonds is 11. The summed E-state index contributed by atoms with van der Waals surface area (Å²) in [6, 6.07) is 0. The monoisotopic (exact) mass is 240 g/mol. The molecule has 1 heteroatoms. The van der Waals surface area contributed by atoms with E-state index in [1.54, 1.807) is 0 Å². The molecule has 0 aliphatic heterocycles. The number of aliphatic hydroxyl groups excluding tert-OH is 1. The standard InChI is InChI=1S/C16H32O/c1-4-6-7-8-9-10-11-12-13-16(5-2)14-15(3)17/h14-15,17H,4-13H2,1-3H3/b16-14+. The zero-order valence-electron chi connectivity index (χ0n) is 12.2. The fraction of sp³-hybridized carbons (Fsp3) is 0.875. The van der Waals surface area contributed by atoms with Gasteiger partial charge in [-0.25, -0.2) is 0 Å². The van der Waals surface area contributed by atoms with Gasteiger partial charge in [-0.15, -0.1) is 0 Å². The van der Waals surface area contributed by atoms with E-state index in [0.717, 1.165) is 6.42 Å². The van der Waals surface area contributed by atoms with E-state index in [4.69, 9.17) is 0 Å². The molecule has 0 saturated carbocycles. The van der Waals surface area contributed by atoms with E-state index in [1.165, 1.54) is 63.4 Å². The Bertz CT molecular complexity index is 182. The van der Waals surface area contributed by atoms with Crippen molar-refractivity contribution in [3.63, 3.8) is 0 Å². The van der Waals surface area contributed by atoms with Crippen LogP contribution in [-0.2, 0) is 0 Å². The molecule has 0 aromatic heterocycles. The van der Waals surface area contributed by atoms with Crippen molar-refractivity contribution in [1.29, 1.82) is 0 Å². The molecule has 0 bridgehead atoms. The largest absolute Gasteiger partial charge is 0.389 e. The second-order valence-electron chi connectivity index (χ2n) is 5.14. The van der Waals surface area contributed by atoms with Gasteiger partial charge in [0.05, 0.1) is 6.10 Å². The molecule has 0 rings (SSSR count). The quantitative estimate of drug-likeness (QED) is 0.387. The molecule has 0 aromatic rings. The van der Waals surface area contributed by atoms with Gasteiger partial charge in [-0.1, -0.05) is 70.4 Å². The number of hydrogen-bond donors (Lipinski definition) is 1. The summed E-state index contributed by atoms with van der Waals surface area (Å²) in [6.07, 6.45) is 15.0. The molecule has 17 heavy (non-hydrogen) atoms. The predicted molar refractivity (Wildman–Crippen MR) is 77.3 cm³/mol. The fourth-order valence-electron chi connectivity index (χ4n) is 2.21. The van der Waals surface area contributed by atoms with Gasteiger partial charge in [-0.05, 0) is 26.2 Å². The molecular formula is C16H32O. The summed E-state index contributed by atoms with van der Waals surface area (Å²) >= 11 is 0. The molecule has 0 saturated heterocycles. The van der Waals surface area contributed by atoms with Gasteiger partial charge in [-0.2, -0.15) is 0 Å². The minimum absolute atomic E-state index is 0.279. The van der Waals surface area contributed by atoms with Crippen LogP contribution in [0.15, 0.2) is 11.6 Å². The van der Waals surface area contributed by atoms with E-state index in [9.17, 15) is 5.11 Å². The van der Waals surface area contributed by atoms with Crippen LogP contribution in [0, 0.1) is 0 Å². The van der Waals surface area contributed by atoms with Crippen molar-refractivity contribution in [2.24, 2.45) is 0 Å². The van der Waals surface area contributed by atoms with E-state index < -0.39 is 0 Å². The topological polar surface area (TPSA) is 20.2 Å². The smallest absolute Gasteiger partial charge is 0.0695 e. The summed E-state index contributed by atoms with van der Waals surface area (Å²) in [5.41, 5.74) is 1.42. The van der Waals surface area contributed by atoms with Crippen LogP contribution in [0.25, 0.3) is 0 Å². The number of unbranched alkanes of at least 4 members (excludes halogenated alkanes) is 7. The number of allylic oxidation sites excluding steroid dienone is 1. The molecular weight excluding hydrogens is 208 g/mol. The van der Waals surface area contributed by atoms with Crippen LogP contribution in [0.1, 0.15) is 85.0 Å². The molecule has 1 unspecified atom stereocenters. The number of hydrogen-bond acceptors (Lipinski definition) is 1. The van der Waals surface area contributed by atoms with Crippen LogP contribution < -0.4 is 0 Å². The van der Waals surface area contributed by atoms with Gasteiger partial charge in [0.15, 0.2) is 0 Å². The highest BCUT2D eigenvalue weighted by Gasteiger charge is 1.98. The van der Waals surface area contributed by atoms with Gasteiger partial charge in [0.25, 0.3) is 0 Å². The second-order valence-corrected chi connectivity index (χ2v) is 5.14. The van der Waals surface area contributed by atoms with Crippen molar-refractivity contribution in [1.82, 2.24) is 0 Å². The zero-order valence-corrected chi connectivity index (χ0v) is 12.2. The molecule has 0 aromatic carbocycles. The predicted octanol–water partition coefficient (Wildman–Crippen LogP) is 5.23. The van der Waals surface area contributed by atoms with Crippen molar-refractivity contribution >= 4 is 0 Å². The first-order valence-corrected chi connectivity index (χ1v) is 7.58. The lowest BCUT2D eigenvalue weighted by Gasteiger charge is -2.06. The normalized spacial score (nSPS) is 14.0. The van der Waals surface area contributed by atoms with Gasteiger partial charge in [0, 0.05) is 0 Å². The van der Waals surface area contributed by atoms with Crippen molar-refractivity contribution in [2.45, 2.75) is 91.1 Å². The van der Waals surface area contributed by atoms with E-state index in [1.807, 2.05) is 13.0 Å². The molecule has 1 atom stereocenters. The molecule has 1 N–H and O–H groups in total. The van der Waals surface area contributed by atoms with Gasteiger partial charge in [0.1, 0.15) is 0 Å². The average Bonchev–Trinajstić information content (AvgIpc) is 2.30. The van der Waals surface area contributed by atoms with Crippen molar-refractivity contribution in [2.75, 3.05) is 0 Å². The van der Waals surface area contributed by atoms with E-state index in [2.05, 4.69) is 13.8 Å². The Morgan fingerprint density at radius 1 is 0.941 bits per heavy atom. The van der Waals surface area contributed by atoms with Crippen molar-refractivity contribution in [3.8, 4) is 0 Å². The van der Waals surface area contributed by atoms with Crippen LogP contribution in [0.5, 0.6) is 0 Å². The van der Waals surface area contributed by atoms with E-state index >= 15 is 0 Å². The first-order chi connectivity index (χ1) is 8.20. The Balaban J connectivity index is 3.37. The molecule has 0 radical (unpaired) electrons. The minimum Gasteiger partial charge on any atom is -0.389 e. The van der Waals surface area contributed by atoms with E-state index in [0.29, 0.717) is 0 Å². The maximum atomic E-state index is 9.30. The maximum Gasteiger partial charge on any atom is 0.0695 e. The third-order valence-electron chi connectivity index (χ3n) is 3.28. The third-order valence-corrected chi connectivity index (χ3v) is 3.28. The zero-order chi connectivity index (χ0) is 12.9. The van der Waals surface area contributed by atoms with Crippen LogP contribution in [-0.4, -0.2) is 11.2 Å². The van der Waals surface area contributed by atoms with Crippen LogP contribution in [0.2, 0.25) is 0 Å². The Hall–Kier alpha value is -0.300. The minimum atomic E-state index is -0.279. The molecule has 0 aliphatic rings. The second kappa shape index (κ2) is 12.2. The molecule has 1 nitrogen and oxygen atoms in total. The van der Waals surface area contributed by atoms with Gasteiger partial charge in [0.2, 0.25) is 0 Å². The highest BCUT2D eigenvalue weighted by Crippen LogP contribution is 2.15. The highest BCUT2D eigenvalue weighted by molar-refractivity contribution is 5.03. The molecule has 102 valence electrons. The highest BCUT2D eigenvalue weighted by atomic mass is 16.3. The molecule has 0 aliphatic carbocycles. The Morgan fingerprint density at radius 3 is 1.94 bits per heavy atom. The average molecular weight is 240 g/mol. The molecule has 0 fully saturated rings. The van der Waals surface area contributed by atoms with Crippen molar-refractivity contribution in [3.05, 3.63) is 11.6 Å². The Kier molecular flexibility index (Phi) is 12.0. The van der Waals surface area contributed by atoms with Gasteiger partial charge < -0.3 is 5.11 Å².